The summed E-state index contributed by atoms with van der Waals surface area (Å²) in [6, 6.07) is 8.36. The third kappa shape index (κ3) is 8.24. The van der Waals surface area contributed by atoms with Crippen molar-refractivity contribution in [2.24, 2.45) is 0 Å². The van der Waals surface area contributed by atoms with Gasteiger partial charge in [-0.15, -0.1) is 0 Å². The first-order chi connectivity index (χ1) is 15.9. The molecular weight excluding hydrogens is 432 g/mol. The molecule has 2 nitrogen and oxygen atoms in total. The Balaban J connectivity index is 1.49. The maximum Gasteiger partial charge on any atom is 0.204 e. The number of hydrogen-bond acceptors (Lipinski definition) is 2. The molecule has 0 saturated heterocycles. The molecule has 184 valence electrons. The second-order valence-electron chi connectivity index (χ2n) is 8.61. The van der Waals surface area contributed by atoms with E-state index in [2.05, 4.69) is 26.0 Å². The van der Waals surface area contributed by atoms with Crippen LogP contribution in [-0.2, 0) is 0 Å². The number of unbranched alkanes of at least 4 members (excludes halogenated alkanes) is 7. The summed E-state index contributed by atoms with van der Waals surface area (Å²) in [4.78, 5) is 0. The molecule has 0 bridgehead atoms. The van der Waals surface area contributed by atoms with Gasteiger partial charge in [-0.1, -0.05) is 64.5 Å². The molecule has 0 heterocycles. The van der Waals surface area contributed by atoms with Crippen molar-refractivity contribution in [1.29, 1.82) is 0 Å². The van der Waals surface area contributed by atoms with E-state index in [0.717, 1.165) is 64.0 Å². The van der Waals surface area contributed by atoms with Gasteiger partial charge in [0.15, 0.2) is 17.4 Å². The number of ether oxygens (including phenoxy) is 2. The van der Waals surface area contributed by atoms with Gasteiger partial charge in [0.1, 0.15) is 5.75 Å². The van der Waals surface area contributed by atoms with Crippen LogP contribution < -0.4 is 9.47 Å². The third-order valence-corrected chi connectivity index (χ3v) is 6.06. The molecule has 33 heavy (non-hydrogen) atoms. The Kier molecular flexibility index (Phi) is 11.6. The standard InChI is InChI=1S/C27H36F4O2/c1-4-19(2)21-13-15-22(16-14-21)32-17-11-9-7-5-6-8-10-12-18-33-27-25(30)23(28)20(3)24(29)26(27)31/h13-16,19H,4-12,17-18H2,1-3H3. The van der Waals surface area contributed by atoms with Gasteiger partial charge in [-0.2, -0.15) is 8.78 Å². The maximum absolute atomic E-state index is 13.7. The molecule has 0 N–H and O–H groups in total. The first-order valence-corrected chi connectivity index (χ1v) is 12.0. The van der Waals surface area contributed by atoms with E-state index >= 15 is 0 Å². The Morgan fingerprint density at radius 1 is 0.667 bits per heavy atom. The highest BCUT2D eigenvalue weighted by atomic mass is 19.2. The molecule has 6 heteroatoms. The summed E-state index contributed by atoms with van der Waals surface area (Å²) in [6.45, 7) is 6.13. The zero-order valence-electron chi connectivity index (χ0n) is 20.0. The van der Waals surface area contributed by atoms with Gasteiger partial charge < -0.3 is 9.47 Å². The zero-order chi connectivity index (χ0) is 24.2. The van der Waals surface area contributed by atoms with Crippen LogP contribution in [0.4, 0.5) is 17.6 Å². The summed E-state index contributed by atoms with van der Waals surface area (Å²) in [7, 11) is 0. The van der Waals surface area contributed by atoms with Crippen LogP contribution in [0.3, 0.4) is 0 Å². The van der Waals surface area contributed by atoms with Gasteiger partial charge >= 0.3 is 0 Å². The molecule has 0 spiro atoms. The van der Waals surface area contributed by atoms with Gasteiger partial charge in [0.05, 0.1) is 13.2 Å². The number of halogens is 4. The summed E-state index contributed by atoms with van der Waals surface area (Å²) < 4.78 is 65.3. The van der Waals surface area contributed by atoms with Crippen molar-refractivity contribution in [3.05, 3.63) is 58.7 Å². The highest BCUT2D eigenvalue weighted by molar-refractivity contribution is 5.33. The molecule has 0 aliphatic rings. The minimum Gasteiger partial charge on any atom is -0.494 e. The largest absolute Gasteiger partial charge is 0.494 e. The summed E-state index contributed by atoms with van der Waals surface area (Å²) >= 11 is 0. The van der Waals surface area contributed by atoms with E-state index in [0.29, 0.717) is 18.9 Å². The highest BCUT2D eigenvalue weighted by Gasteiger charge is 2.24. The maximum atomic E-state index is 13.7. The van der Waals surface area contributed by atoms with Gasteiger partial charge in [0.2, 0.25) is 11.6 Å². The summed E-state index contributed by atoms with van der Waals surface area (Å²) in [6.07, 6.45) is 8.93. The number of rotatable bonds is 15. The monoisotopic (exact) mass is 468 g/mol. The van der Waals surface area contributed by atoms with E-state index in [1.165, 1.54) is 5.56 Å². The lowest BCUT2D eigenvalue weighted by molar-refractivity contribution is 0.262. The van der Waals surface area contributed by atoms with Crippen LogP contribution in [-0.4, -0.2) is 13.2 Å². The molecule has 1 atom stereocenters. The van der Waals surface area contributed by atoms with Crippen LogP contribution in [0.25, 0.3) is 0 Å². The molecule has 0 aliphatic carbocycles. The number of hydrogen-bond donors (Lipinski definition) is 0. The second-order valence-corrected chi connectivity index (χ2v) is 8.61. The van der Waals surface area contributed by atoms with Gasteiger partial charge in [-0.3, -0.25) is 0 Å². The molecule has 2 aromatic carbocycles. The SMILES string of the molecule is CCC(C)c1ccc(OCCCCCCCCCCOc2c(F)c(F)c(C)c(F)c2F)cc1. The predicted molar refractivity (Wildman–Crippen MR) is 124 cm³/mol. The fraction of sp³-hybridized carbons (Fsp3) is 0.556. The molecule has 0 fully saturated rings. The lowest BCUT2D eigenvalue weighted by Crippen LogP contribution is -2.07. The first kappa shape index (κ1) is 27.0. The fourth-order valence-corrected chi connectivity index (χ4v) is 3.61. The van der Waals surface area contributed by atoms with Crippen LogP contribution in [0.5, 0.6) is 11.5 Å². The molecule has 0 aromatic heterocycles. The third-order valence-electron chi connectivity index (χ3n) is 6.06. The van der Waals surface area contributed by atoms with Crippen molar-refractivity contribution >= 4 is 0 Å². The lowest BCUT2D eigenvalue weighted by Gasteiger charge is -2.11. The zero-order valence-corrected chi connectivity index (χ0v) is 20.0. The van der Waals surface area contributed by atoms with Crippen molar-refractivity contribution in [2.45, 2.75) is 84.5 Å². The van der Waals surface area contributed by atoms with E-state index in [9.17, 15) is 17.6 Å². The smallest absolute Gasteiger partial charge is 0.204 e. The minimum absolute atomic E-state index is 0.0193. The molecule has 0 radical (unpaired) electrons. The fourth-order valence-electron chi connectivity index (χ4n) is 3.61. The van der Waals surface area contributed by atoms with Crippen molar-refractivity contribution < 1.29 is 27.0 Å². The molecular formula is C27H36F4O2. The van der Waals surface area contributed by atoms with Gasteiger partial charge in [-0.05, 0) is 49.8 Å². The Hall–Kier alpha value is -2.24. The number of benzene rings is 2. The van der Waals surface area contributed by atoms with Gasteiger partial charge in [-0.25, -0.2) is 8.78 Å². The van der Waals surface area contributed by atoms with Crippen LogP contribution in [0.2, 0.25) is 0 Å². The van der Waals surface area contributed by atoms with E-state index in [-0.39, 0.29) is 6.61 Å². The van der Waals surface area contributed by atoms with Crippen molar-refractivity contribution in [2.75, 3.05) is 13.2 Å². The average molecular weight is 469 g/mol. The molecule has 0 aliphatic heterocycles. The lowest BCUT2D eigenvalue weighted by atomic mass is 9.99. The molecule has 0 saturated carbocycles. The summed E-state index contributed by atoms with van der Waals surface area (Å²) in [5.74, 6) is -5.25. The van der Waals surface area contributed by atoms with Gasteiger partial charge in [0, 0.05) is 5.56 Å². The topological polar surface area (TPSA) is 18.5 Å². The van der Waals surface area contributed by atoms with Crippen molar-refractivity contribution in [3.63, 3.8) is 0 Å². The first-order valence-electron chi connectivity index (χ1n) is 12.0. The van der Waals surface area contributed by atoms with Crippen molar-refractivity contribution in [3.8, 4) is 11.5 Å². The van der Waals surface area contributed by atoms with E-state index in [4.69, 9.17) is 9.47 Å². The molecule has 2 aromatic rings. The van der Waals surface area contributed by atoms with Crippen LogP contribution in [0, 0.1) is 30.2 Å². The quantitative estimate of drug-likeness (QED) is 0.148. The molecule has 1 unspecified atom stereocenters. The van der Waals surface area contributed by atoms with E-state index in [1.807, 2.05) is 12.1 Å². The Labute approximate surface area is 195 Å². The Morgan fingerprint density at radius 3 is 1.61 bits per heavy atom. The average Bonchev–Trinajstić information content (AvgIpc) is 2.83. The molecule has 2 rings (SSSR count). The van der Waals surface area contributed by atoms with Crippen LogP contribution >= 0.6 is 0 Å². The molecule has 0 amide bonds. The summed E-state index contributed by atoms with van der Waals surface area (Å²) in [5, 5.41) is 0. The second kappa shape index (κ2) is 14.1. The van der Waals surface area contributed by atoms with Crippen molar-refractivity contribution in [1.82, 2.24) is 0 Å². The summed E-state index contributed by atoms with van der Waals surface area (Å²) in [5.41, 5.74) is 0.660. The van der Waals surface area contributed by atoms with Gasteiger partial charge in [0.25, 0.3) is 0 Å². The van der Waals surface area contributed by atoms with E-state index in [1.54, 1.807) is 0 Å². The van der Waals surface area contributed by atoms with E-state index < -0.39 is 34.6 Å². The predicted octanol–water partition coefficient (Wildman–Crippen LogP) is 8.64. The Morgan fingerprint density at radius 2 is 1.12 bits per heavy atom. The van der Waals surface area contributed by atoms with Crippen LogP contribution in [0.15, 0.2) is 24.3 Å². The minimum atomic E-state index is -1.47. The normalized spacial score (nSPS) is 12.1. The Bertz CT molecular complexity index is 823. The highest BCUT2D eigenvalue weighted by Crippen LogP contribution is 2.29. The van der Waals surface area contributed by atoms with Crippen LogP contribution in [0.1, 0.15) is 88.7 Å².